The van der Waals surface area contributed by atoms with E-state index in [-0.39, 0.29) is 5.91 Å². The molecular weight excluding hydrogens is 274 g/mol. The highest BCUT2D eigenvalue weighted by Gasteiger charge is 2.26. The molecule has 20 heavy (non-hydrogen) atoms. The van der Waals surface area contributed by atoms with Gasteiger partial charge in [0.25, 0.3) is 5.91 Å². The first-order valence-corrected chi connectivity index (χ1v) is 7.46. The average molecular weight is 296 g/mol. The van der Waals surface area contributed by atoms with Crippen molar-refractivity contribution in [2.75, 3.05) is 32.4 Å². The van der Waals surface area contributed by atoms with Crippen LogP contribution in [0.15, 0.2) is 18.2 Å². The van der Waals surface area contributed by atoms with Gasteiger partial charge in [0.05, 0.1) is 16.3 Å². The Hall–Kier alpha value is -1.26. The number of likely N-dealkylation sites (tertiary alicyclic amines) is 1. The number of nitrogens with two attached hydrogens (primary N) is 1. The molecule has 1 saturated heterocycles. The van der Waals surface area contributed by atoms with Crippen LogP contribution in [0.2, 0.25) is 5.02 Å². The van der Waals surface area contributed by atoms with E-state index in [1.165, 1.54) is 6.42 Å². The predicted molar refractivity (Wildman–Crippen MR) is 83.1 cm³/mol. The Morgan fingerprint density at radius 1 is 1.55 bits per heavy atom. The number of carbonyl (C=O) groups excluding carboxylic acids is 1. The van der Waals surface area contributed by atoms with Crippen molar-refractivity contribution in [3.63, 3.8) is 0 Å². The van der Waals surface area contributed by atoms with Crippen LogP contribution in [-0.2, 0) is 0 Å². The van der Waals surface area contributed by atoms with Crippen LogP contribution in [0.5, 0.6) is 0 Å². The molecule has 0 aliphatic carbocycles. The fourth-order valence-electron chi connectivity index (χ4n) is 2.84. The van der Waals surface area contributed by atoms with E-state index in [9.17, 15) is 4.79 Å². The van der Waals surface area contributed by atoms with Crippen molar-refractivity contribution in [3.05, 3.63) is 28.8 Å². The number of benzene rings is 1. The van der Waals surface area contributed by atoms with Crippen molar-refractivity contribution < 1.29 is 4.79 Å². The predicted octanol–water partition coefficient (Wildman–Crippen LogP) is 2.48. The molecule has 1 heterocycles. The SMILES string of the molecule is CCN1CCCC1CN(C)C(=O)c1cccc(N)c1Cl. The summed E-state index contributed by atoms with van der Waals surface area (Å²) in [5.74, 6) is -0.0646. The summed E-state index contributed by atoms with van der Waals surface area (Å²) in [5, 5.41) is 0.350. The van der Waals surface area contributed by atoms with Crippen molar-refractivity contribution in [1.82, 2.24) is 9.80 Å². The summed E-state index contributed by atoms with van der Waals surface area (Å²) in [6.45, 7) is 5.06. The van der Waals surface area contributed by atoms with Gasteiger partial charge in [-0.15, -0.1) is 0 Å². The molecule has 1 unspecified atom stereocenters. The van der Waals surface area contributed by atoms with Crippen LogP contribution in [0.1, 0.15) is 30.1 Å². The van der Waals surface area contributed by atoms with Crippen LogP contribution in [0.25, 0.3) is 0 Å². The van der Waals surface area contributed by atoms with E-state index in [0.29, 0.717) is 22.3 Å². The van der Waals surface area contributed by atoms with Crippen molar-refractivity contribution in [3.8, 4) is 0 Å². The normalized spacial score (nSPS) is 19.2. The largest absolute Gasteiger partial charge is 0.398 e. The molecule has 1 aliphatic heterocycles. The third-order valence-electron chi connectivity index (χ3n) is 4.00. The molecule has 1 aromatic carbocycles. The maximum absolute atomic E-state index is 12.5. The van der Waals surface area contributed by atoms with Crippen LogP contribution < -0.4 is 5.73 Å². The maximum atomic E-state index is 12.5. The summed E-state index contributed by atoms with van der Waals surface area (Å²) in [7, 11) is 1.83. The first kappa shape index (κ1) is 15.1. The van der Waals surface area contributed by atoms with Crippen molar-refractivity contribution >= 4 is 23.2 Å². The smallest absolute Gasteiger partial charge is 0.255 e. The zero-order valence-electron chi connectivity index (χ0n) is 12.1. The molecule has 2 rings (SSSR count). The van der Waals surface area contributed by atoms with Crippen LogP contribution in [0, 0.1) is 0 Å². The van der Waals surface area contributed by atoms with E-state index in [1.54, 1.807) is 23.1 Å². The molecule has 0 radical (unpaired) electrons. The molecule has 5 heteroatoms. The molecule has 0 bridgehead atoms. The number of hydrogen-bond donors (Lipinski definition) is 1. The van der Waals surface area contributed by atoms with Gasteiger partial charge in [-0.2, -0.15) is 0 Å². The Morgan fingerprint density at radius 3 is 3.00 bits per heavy atom. The number of carbonyl (C=O) groups is 1. The lowest BCUT2D eigenvalue weighted by atomic mass is 10.1. The van der Waals surface area contributed by atoms with Gasteiger partial charge in [0, 0.05) is 19.6 Å². The van der Waals surface area contributed by atoms with Gasteiger partial charge in [-0.3, -0.25) is 9.69 Å². The summed E-state index contributed by atoms with van der Waals surface area (Å²) < 4.78 is 0. The van der Waals surface area contributed by atoms with Crippen LogP contribution in [0.4, 0.5) is 5.69 Å². The number of nitrogens with zero attached hydrogens (tertiary/aromatic N) is 2. The molecule has 0 saturated carbocycles. The Kier molecular flexibility index (Phi) is 4.89. The summed E-state index contributed by atoms with van der Waals surface area (Å²) in [5.41, 5.74) is 6.68. The van der Waals surface area contributed by atoms with Crippen molar-refractivity contribution in [2.45, 2.75) is 25.8 Å². The van der Waals surface area contributed by atoms with Gasteiger partial charge in [-0.05, 0) is 38.1 Å². The minimum absolute atomic E-state index is 0.0646. The fourth-order valence-corrected chi connectivity index (χ4v) is 3.04. The molecule has 1 aromatic rings. The van der Waals surface area contributed by atoms with E-state index >= 15 is 0 Å². The van der Waals surface area contributed by atoms with Gasteiger partial charge in [0.2, 0.25) is 0 Å². The highest BCUT2D eigenvalue weighted by Crippen LogP contribution is 2.25. The van der Waals surface area contributed by atoms with Gasteiger partial charge in [-0.25, -0.2) is 0 Å². The topological polar surface area (TPSA) is 49.6 Å². The first-order valence-electron chi connectivity index (χ1n) is 7.08. The number of rotatable bonds is 4. The molecule has 4 nitrogen and oxygen atoms in total. The molecule has 0 spiro atoms. The summed E-state index contributed by atoms with van der Waals surface area (Å²) in [4.78, 5) is 16.6. The van der Waals surface area contributed by atoms with E-state index < -0.39 is 0 Å². The number of amides is 1. The van der Waals surface area contributed by atoms with E-state index in [1.807, 2.05) is 7.05 Å². The van der Waals surface area contributed by atoms with Gasteiger partial charge in [0.15, 0.2) is 0 Å². The lowest BCUT2D eigenvalue weighted by molar-refractivity contribution is 0.0755. The fraction of sp³-hybridized carbons (Fsp3) is 0.533. The molecule has 1 aliphatic rings. The Labute approximate surface area is 125 Å². The Morgan fingerprint density at radius 2 is 2.30 bits per heavy atom. The van der Waals surface area contributed by atoms with Crippen molar-refractivity contribution in [1.29, 1.82) is 0 Å². The molecule has 2 N–H and O–H groups in total. The summed E-state index contributed by atoms with van der Waals surface area (Å²) >= 11 is 6.12. The van der Waals surface area contributed by atoms with Crippen LogP contribution in [0.3, 0.4) is 0 Å². The highest BCUT2D eigenvalue weighted by molar-refractivity contribution is 6.36. The lowest BCUT2D eigenvalue weighted by Crippen LogP contribution is -2.41. The highest BCUT2D eigenvalue weighted by atomic mass is 35.5. The third kappa shape index (κ3) is 3.07. The zero-order chi connectivity index (χ0) is 14.7. The average Bonchev–Trinajstić information content (AvgIpc) is 2.88. The zero-order valence-corrected chi connectivity index (χ0v) is 12.9. The van der Waals surface area contributed by atoms with Gasteiger partial charge < -0.3 is 10.6 Å². The molecule has 1 amide bonds. The maximum Gasteiger partial charge on any atom is 0.255 e. The standard InChI is InChI=1S/C15H22ClN3O/c1-3-19-9-5-6-11(19)10-18(2)15(20)12-7-4-8-13(17)14(12)16/h4,7-8,11H,3,5-6,9-10,17H2,1-2H3. The second-order valence-electron chi connectivity index (χ2n) is 5.32. The molecule has 110 valence electrons. The summed E-state index contributed by atoms with van der Waals surface area (Å²) in [6.07, 6.45) is 2.36. The molecule has 0 aromatic heterocycles. The number of nitrogen functional groups attached to an aromatic ring is 1. The first-order chi connectivity index (χ1) is 9.54. The third-order valence-corrected chi connectivity index (χ3v) is 4.42. The number of hydrogen-bond acceptors (Lipinski definition) is 3. The Balaban J connectivity index is 2.07. The summed E-state index contributed by atoms with van der Waals surface area (Å²) in [6, 6.07) is 5.64. The quantitative estimate of drug-likeness (QED) is 0.868. The van der Waals surface area contributed by atoms with Crippen molar-refractivity contribution in [2.24, 2.45) is 0 Å². The number of anilines is 1. The van der Waals surface area contributed by atoms with E-state index in [2.05, 4.69) is 11.8 Å². The van der Waals surface area contributed by atoms with Gasteiger partial charge >= 0.3 is 0 Å². The second kappa shape index (κ2) is 6.46. The van der Waals surface area contributed by atoms with E-state index in [4.69, 9.17) is 17.3 Å². The van der Waals surface area contributed by atoms with Crippen LogP contribution in [-0.4, -0.2) is 48.4 Å². The number of halogens is 1. The van der Waals surface area contributed by atoms with Gasteiger partial charge in [-0.1, -0.05) is 24.6 Å². The monoisotopic (exact) mass is 295 g/mol. The molecular formula is C15H22ClN3O. The molecule has 1 atom stereocenters. The van der Waals surface area contributed by atoms with E-state index in [0.717, 1.165) is 26.1 Å². The molecule has 1 fully saturated rings. The lowest BCUT2D eigenvalue weighted by Gasteiger charge is -2.28. The second-order valence-corrected chi connectivity index (χ2v) is 5.70. The van der Waals surface area contributed by atoms with Crippen LogP contribution >= 0.6 is 11.6 Å². The van der Waals surface area contributed by atoms with Gasteiger partial charge in [0.1, 0.15) is 0 Å². The minimum Gasteiger partial charge on any atom is -0.398 e. The number of likely N-dealkylation sites (N-methyl/N-ethyl adjacent to an activating group) is 2. The Bertz CT molecular complexity index is 492. The minimum atomic E-state index is -0.0646.